The van der Waals surface area contributed by atoms with E-state index in [0.717, 1.165) is 11.4 Å². The maximum absolute atomic E-state index is 14.2. The summed E-state index contributed by atoms with van der Waals surface area (Å²) in [5.41, 5.74) is 2.74. The number of aromatic nitrogens is 4. The van der Waals surface area contributed by atoms with Gasteiger partial charge in [0.15, 0.2) is 0 Å². The van der Waals surface area contributed by atoms with Crippen molar-refractivity contribution in [1.82, 2.24) is 19.7 Å². The van der Waals surface area contributed by atoms with Crippen molar-refractivity contribution in [3.63, 3.8) is 0 Å². The van der Waals surface area contributed by atoms with E-state index in [1.807, 2.05) is 6.07 Å². The first-order valence-corrected chi connectivity index (χ1v) is 9.39. The molecule has 1 aromatic carbocycles. The van der Waals surface area contributed by atoms with Crippen molar-refractivity contribution in [3.05, 3.63) is 65.8 Å². The van der Waals surface area contributed by atoms with Crippen molar-refractivity contribution in [2.24, 2.45) is 0 Å². The fourth-order valence-corrected chi connectivity index (χ4v) is 3.22. The third kappa shape index (κ3) is 4.36. The Hall–Kier alpha value is -3.03. The Bertz CT molecular complexity index is 1190. The molecule has 0 spiro atoms. The van der Waals surface area contributed by atoms with Gasteiger partial charge in [-0.1, -0.05) is 11.6 Å². The van der Waals surface area contributed by atoms with Gasteiger partial charge in [-0.3, -0.25) is 14.6 Å². The molecule has 0 fully saturated rings. The van der Waals surface area contributed by atoms with E-state index in [0.29, 0.717) is 33.9 Å². The van der Waals surface area contributed by atoms with Gasteiger partial charge in [-0.15, -0.1) is 0 Å². The summed E-state index contributed by atoms with van der Waals surface area (Å²) in [6, 6.07) is 9.71. The van der Waals surface area contributed by atoms with Crippen molar-refractivity contribution in [2.75, 3.05) is 5.32 Å². The van der Waals surface area contributed by atoms with Crippen LogP contribution < -0.4 is 5.32 Å². The first kappa shape index (κ1) is 19.3. The third-order valence-electron chi connectivity index (χ3n) is 4.24. The normalized spacial score (nSPS) is 11.8. The van der Waals surface area contributed by atoms with Gasteiger partial charge in [0.1, 0.15) is 16.9 Å². The van der Waals surface area contributed by atoms with Gasteiger partial charge in [-0.25, -0.2) is 4.39 Å². The molecule has 0 aliphatic heterocycles. The Morgan fingerprint density at radius 2 is 1.93 bits per heavy atom. The minimum Gasteiger partial charge on any atom is -0.389 e. The summed E-state index contributed by atoms with van der Waals surface area (Å²) in [7, 11) is 0. The minimum absolute atomic E-state index is 0.329. The van der Waals surface area contributed by atoms with Crippen LogP contribution in [0.5, 0.6) is 0 Å². The average Bonchev–Trinajstić information content (AvgIpc) is 3.05. The summed E-state index contributed by atoms with van der Waals surface area (Å²) >= 11 is 6.00. The quantitative estimate of drug-likeness (QED) is 0.493. The van der Waals surface area contributed by atoms with Crippen LogP contribution >= 0.6 is 11.6 Å². The van der Waals surface area contributed by atoms with E-state index in [-0.39, 0.29) is 0 Å². The number of nitrogens with zero attached hydrogens (tertiary/aromatic N) is 4. The van der Waals surface area contributed by atoms with Crippen LogP contribution in [0.25, 0.3) is 22.3 Å². The van der Waals surface area contributed by atoms with Crippen molar-refractivity contribution in [1.29, 1.82) is 0 Å². The van der Waals surface area contributed by atoms with Gasteiger partial charge < -0.3 is 10.4 Å². The van der Waals surface area contributed by atoms with Crippen LogP contribution in [0.1, 0.15) is 13.8 Å². The molecular formula is C21H19ClFN5O. The van der Waals surface area contributed by atoms with Gasteiger partial charge in [-0.05, 0) is 50.2 Å². The molecule has 0 saturated carbocycles. The smallest absolute Gasteiger partial charge is 0.134 e. The second kappa shape index (κ2) is 7.42. The number of nitrogens with one attached hydrogen (secondary N) is 1. The Balaban J connectivity index is 1.68. The molecule has 0 saturated heterocycles. The number of fused-ring (bicyclic) bond motifs is 1. The predicted molar refractivity (Wildman–Crippen MR) is 112 cm³/mol. The number of rotatable bonds is 5. The summed E-state index contributed by atoms with van der Waals surface area (Å²) in [4.78, 5) is 8.60. The Morgan fingerprint density at radius 1 is 1.14 bits per heavy atom. The second-order valence-corrected chi connectivity index (χ2v) is 7.85. The minimum atomic E-state index is -0.892. The Morgan fingerprint density at radius 3 is 2.72 bits per heavy atom. The summed E-state index contributed by atoms with van der Waals surface area (Å²) < 4.78 is 15.9. The van der Waals surface area contributed by atoms with Gasteiger partial charge in [0.05, 0.1) is 29.7 Å². The van der Waals surface area contributed by atoms with E-state index in [9.17, 15) is 9.50 Å². The highest BCUT2D eigenvalue weighted by Gasteiger charge is 2.16. The molecule has 4 rings (SSSR count). The molecule has 148 valence electrons. The van der Waals surface area contributed by atoms with Crippen LogP contribution in [0.15, 0.2) is 55.0 Å². The standard InChI is InChI=1S/C21H19ClFN5O/c1-21(2,29)12-28-11-19-20(27-28)17(6-8-25-19)26-14-5-7-24-18(10-14)15-9-13(22)3-4-16(15)23/h3-11,29H,12H2,1-2H3,(H,24,26). The molecule has 8 heteroatoms. The van der Waals surface area contributed by atoms with Crippen LogP contribution in [0, 0.1) is 5.82 Å². The SMILES string of the molecule is CC(C)(O)Cn1cc2nccc(Nc3ccnc(-c4cc(Cl)ccc4F)c3)c2n1. The average molecular weight is 412 g/mol. The van der Waals surface area contributed by atoms with Gasteiger partial charge >= 0.3 is 0 Å². The highest BCUT2D eigenvalue weighted by atomic mass is 35.5. The maximum Gasteiger partial charge on any atom is 0.134 e. The third-order valence-corrected chi connectivity index (χ3v) is 4.48. The fraction of sp³-hybridized carbons (Fsp3) is 0.190. The van der Waals surface area contributed by atoms with Crippen LogP contribution in [0.3, 0.4) is 0 Å². The lowest BCUT2D eigenvalue weighted by molar-refractivity contribution is 0.0580. The number of hydrogen-bond acceptors (Lipinski definition) is 5. The van der Waals surface area contributed by atoms with Gasteiger partial charge in [0.25, 0.3) is 0 Å². The first-order chi connectivity index (χ1) is 13.8. The van der Waals surface area contributed by atoms with Gasteiger partial charge in [0.2, 0.25) is 0 Å². The number of anilines is 2. The monoisotopic (exact) mass is 411 g/mol. The molecule has 29 heavy (non-hydrogen) atoms. The largest absolute Gasteiger partial charge is 0.389 e. The molecule has 0 aliphatic rings. The topological polar surface area (TPSA) is 75.9 Å². The molecule has 6 nitrogen and oxygen atoms in total. The highest BCUT2D eigenvalue weighted by molar-refractivity contribution is 6.30. The summed E-state index contributed by atoms with van der Waals surface area (Å²) in [6.45, 7) is 3.79. The molecule has 0 amide bonds. The molecule has 0 radical (unpaired) electrons. The molecular weight excluding hydrogens is 393 g/mol. The number of benzene rings is 1. The molecule has 0 bridgehead atoms. The number of halogens is 2. The van der Waals surface area contributed by atoms with Crippen LogP contribution in [-0.4, -0.2) is 30.5 Å². The molecule has 3 heterocycles. The van der Waals surface area contributed by atoms with Crippen molar-refractivity contribution < 1.29 is 9.50 Å². The van der Waals surface area contributed by atoms with E-state index >= 15 is 0 Å². The Labute approximate surface area is 172 Å². The lowest BCUT2D eigenvalue weighted by Crippen LogP contribution is -2.26. The van der Waals surface area contributed by atoms with E-state index in [4.69, 9.17) is 11.6 Å². The Kier molecular flexibility index (Phi) is 4.94. The predicted octanol–water partition coefficient (Wildman–Crippen LogP) is 4.80. The van der Waals surface area contributed by atoms with Crippen molar-refractivity contribution in [2.45, 2.75) is 26.0 Å². The zero-order valence-electron chi connectivity index (χ0n) is 15.9. The molecule has 0 aliphatic carbocycles. The lowest BCUT2D eigenvalue weighted by Gasteiger charge is -2.16. The van der Waals surface area contributed by atoms with E-state index in [1.165, 1.54) is 12.1 Å². The second-order valence-electron chi connectivity index (χ2n) is 7.41. The van der Waals surface area contributed by atoms with E-state index in [1.54, 1.807) is 55.3 Å². The van der Waals surface area contributed by atoms with Crippen LogP contribution in [-0.2, 0) is 6.54 Å². The lowest BCUT2D eigenvalue weighted by atomic mass is 10.1. The van der Waals surface area contributed by atoms with Crippen LogP contribution in [0.2, 0.25) is 5.02 Å². The van der Waals surface area contributed by atoms with E-state index < -0.39 is 11.4 Å². The fourth-order valence-electron chi connectivity index (χ4n) is 3.05. The summed E-state index contributed by atoms with van der Waals surface area (Å²) in [6.07, 6.45) is 5.07. The summed E-state index contributed by atoms with van der Waals surface area (Å²) in [5, 5.41) is 18.3. The zero-order chi connectivity index (χ0) is 20.6. The maximum atomic E-state index is 14.2. The first-order valence-electron chi connectivity index (χ1n) is 9.01. The van der Waals surface area contributed by atoms with E-state index in [2.05, 4.69) is 20.4 Å². The van der Waals surface area contributed by atoms with Gasteiger partial charge in [-0.2, -0.15) is 5.10 Å². The molecule has 0 atom stereocenters. The molecule has 2 N–H and O–H groups in total. The number of pyridine rings is 2. The van der Waals surface area contributed by atoms with Gasteiger partial charge in [0, 0.05) is 28.7 Å². The van der Waals surface area contributed by atoms with Crippen molar-refractivity contribution >= 4 is 34.0 Å². The molecule has 3 aromatic heterocycles. The molecule has 4 aromatic rings. The van der Waals surface area contributed by atoms with Crippen molar-refractivity contribution in [3.8, 4) is 11.3 Å². The zero-order valence-corrected chi connectivity index (χ0v) is 16.7. The number of aliphatic hydroxyl groups is 1. The number of hydrogen-bond donors (Lipinski definition) is 2. The highest BCUT2D eigenvalue weighted by Crippen LogP contribution is 2.29. The molecule has 0 unspecified atom stereocenters. The van der Waals surface area contributed by atoms with Crippen LogP contribution in [0.4, 0.5) is 15.8 Å². The summed E-state index contributed by atoms with van der Waals surface area (Å²) in [5.74, 6) is -0.393.